The third kappa shape index (κ3) is 5.79. The largest absolute Gasteiger partial charge is 0.394 e. The lowest BCUT2D eigenvalue weighted by atomic mass is 10.0. The van der Waals surface area contributed by atoms with Crippen molar-refractivity contribution >= 4 is 17.4 Å². The number of aliphatic hydroxyl groups is 1. The van der Waals surface area contributed by atoms with Gasteiger partial charge in [-0.05, 0) is 49.7 Å². The highest BCUT2D eigenvalue weighted by molar-refractivity contribution is 7.10. The summed E-state index contributed by atoms with van der Waals surface area (Å²) in [5.74, 6) is 0.441. The van der Waals surface area contributed by atoms with E-state index in [9.17, 15) is 9.90 Å². The number of carbonyl (C=O) groups is 1. The third-order valence-electron chi connectivity index (χ3n) is 4.22. The van der Waals surface area contributed by atoms with Crippen LogP contribution in [0.2, 0.25) is 0 Å². The number of nitrogens with one attached hydrogen (secondary N) is 2. The normalized spacial score (nSPS) is 18.1. The van der Waals surface area contributed by atoms with Crippen molar-refractivity contribution in [1.29, 1.82) is 0 Å². The second-order valence-corrected chi connectivity index (χ2v) is 7.62. The van der Waals surface area contributed by atoms with Gasteiger partial charge in [0.1, 0.15) is 0 Å². The number of nitrogens with zero attached hydrogens (tertiary/aromatic N) is 1. The molecule has 130 valence electrons. The van der Waals surface area contributed by atoms with E-state index in [-0.39, 0.29) is 24.7 Å². The van der Waals surface area contributed by atoms with Crippen molar-refractivity contribution in [3.63, 3.8) is 0 Å². The van der Waals surface area contributed by atoms with Crippen molar-refractivity contribution in [2.75, 3.05) is 26.2 Å². The molecule has 0 radical (unpaired) electrons. The molecule has 23 heavy (non-hydrogen) atoms. The Morgan fingerprint density at radius 2 is 2.13 bits per heavy atom. The summed E-state index contributed by atoms with van der Waals surface area (Å²) in [6, 6.07) is 4.09. The summed E-state index contributed by atoms with van der Waals surface area (Å²) in [6.45, 7) is 6.94. The van der Waals surface area contributed by atoms with Crippen LogP contribution in [0.1, 0.15) is 44.0 Å². The van der Waals surface area contributed by atoms with Crippen LogP contribution in [0, 0.1) is 5.92 Å². The van der Waals surface area contributed by atoms with Gasteiger partial charge in [-0.25, -0.2) is 4.79 Å². The van der Waals surface area contributed by atoms with E-state index in [2.05, 4.69) is 46.9 Å². The number of amides is 2. The highest BCUT2D eigenvalue weighted by Gasteiger charge is 2.25. The van der Waals surface area contributed by atoms with E-state index >= 15 is 0 Å². The molecule has 1 aliphatic rings. The van der Waals surface area contributed by atoms with Crippen molar-refractivity contribution in [3.05, 3.63) is 22.4 Å². The quantitative estimate of drug-likeness (QED) is 0.682. The summed E-state index contributed by atoms with van der Waals surface area (Å²) in [5.41, 5.74) is 0. The topological polar surface area (TPSA) is 64.6 Å². The van der Waals surface area contributed by atoms with Gasteiger partial charge in [-0.15, -0.1) is 11.3 Å². The van der Waals surface area contributed by atoms with Gasteiger partial charge < -0.3 is 15.7 Å². The summed E-state index contributed by atoms with van der Waals surface area (Å²) in [7, 11) is 0. The van der Waals surface area contributed by atoms with Crippen molar-refractivity contribution in [2.45, 2.75) is 45.2 Å². The average molecular weight is 340 g/mol. The Kier molecular flexibility index (Phi) is 7.33. The predicted octanol–water partition coefficient (Wildman–Crippen LogP) is 2.59. The number of likely N-dealkylation sites (tertiary alicyclic amines) is 1. The van der Waals surface area contributed by atoms with Gasteiger partial charge in [0.05, 0.1) is 18.7 Å². The molecule has 1 aromatic rings. The van der Waals surface area contributed by atoms with Crippen LogP contribution in [0.4, 0.5) is 4.79 Å². The molecule has 2 amide bonds. The van der Waals surface area contributed by atoms with Gasteiger partial charge >= 0.3 is 6.03 Å². The van der Waals surface area contributed by atoms with Crippen LogP contribution >= 0.6 is 11.3 Å². The molecule has 5 nitrogen and oxygen atoms in total. The van der Waals surface area contributed by atoms with E-state index in [1.165, 1.54) is 17.7 Å². The number of hydrogen-bond acceptors (Lipinski definition) is 4. The molecule has 0 spiro atoms. The summed E-state index contributed by atoms with van der Waals surface area (Å²) in [6.07, 6.45) is 3.24. The molecule has 0 aromatic carbocycles. The van der Waals surface area contributed by atoms with Crippen LogP contribution in [0.25, 0.3) is 0 Å². The van der Waals surface area contributed by atoms with E-state index in [0.29, 0.717) is 12.5 Å². The molecular weight excluding hydrogens is 310 g/mol. The van der Waals surface area contributed by atoms with Gasteiger partial charge in [-0.3, -0.25) is 4.90 Å². The first-order chi connectivity index (χ1) is 11.1. The first-order valence-corrected chi connectivity index (χ1v) is 9.40. The number of thiophene rings is 1. The molecule has 2 unspecified atom stereocenters. The molecule has 2 rings (SSSR count). The minimum Gasteiger partial charge on any atom is -0.394 e. The van der Waals surface area contributed by atoms with Crippen molar-refractivity contribution in [2.24, 2.45) is 5.92 Å². The predicted molar refractivity (Wildman–Crippen MR) is 94.7 cm³/mol. The maximum atomic E-state index is 12.1. The number of urea groups is 1. The molecule has 1 aromatic heterocycles. The molecule has 1 saturated heterocycles. The van der Waals surface area contributed by atoms with E-state index in [0.717, 1.165) is 19.5 Å². The molecular formula is C17H29N3O2S. The van der Waals surface area contributed by atoms with Crippen LogP contribution in [-0.4, -0.2) is 48.3 Å². The summed E-state index contributed by atoms with van der Waals surface area (Å²) in [4.78, 5) is 15.9. The zero-order valence-electron chi connectivity index (χ0n) is 14.1. The molecule has 2 heterocycles. The Morgan fingerprint density at radius 1 is 1.39 bits per heavy atom. The number of rotatable bonds is 8. The standard InChI is InChI=1S/C17H29N3O2S/c1-13(2)10-14(12-21)19-17(22)18-11-15(16-6-5-9-23-16)20-7-3-4-8-20/h5-6,9,13-15,21H,3-4,7-8,10-12H2,1-2H3,(H2,18,19,22). The minimum atomic E-state index is -0.189. The molecule has 1 aliphatic heterocycles. The second-order valence-electron chi connectivity index (χ2n) is 6.64. The van der Waals surface area contributed by atoms with Gasteiger partial charge in [0.15, 0.2) is 0 Å². The zero-order valence-corrected chi connectivity index (χ0v) is 14.9. The number of hydrogen-bond donors (Lipinski definition) is 3. The fourth-order valence-electron chi connectivity index (χ4n) is 3.12. The van der Waals surface area contributed by atoms with Gasteiger partial charge in [0.25, 0.3) is 0 Å². The molecule has 0 aliphatic carbocycles. The smallest absolute Gasteiger partial charge is 0.315 e. The lowest BCUT2D eigenvalue weighted by molar-refractivity contribution is 0.200. The molecule has 3 N–H and O–H groups in total. The number of carbonyl (C=O) groups excluding carboxylic acids is 1. The Hall–Kier alpha value is -1.11. The summed E-state index contributed by atoms with van der Waals surface area (Å²) >= 11 is 1.74. The second kappa shape index (κ2) is 9.25. The molecule has 2 atom stereocenters. The Bertz CT molecular complexity index is 458. The third-order valence-corrected chi connectivity index (χ3v) is 5.19. The fraction of sp³-hybridized carbons (Fsp3) is 0.706. The van der Waals surface area contributed by atoms with Gasteiger partial charge in [0, 0.05) is 11.4 Å². The molecule has 0 saturated carbocycles. The van der Waals surface area contributed by atoms with Crippen molar-refractivity contribution in [1.82, 2.24) is 15.5 Å². The monoisotopic (exact) mass is 339 g/mol. The lowest BCUT2D eigenvalue weighted by Gasteiger charge is -2.27. The van der Waals surface area contributed by atoms with Crippen molar-refractivity contribution in [3.8, 4) is 0 Å². The minimum absolute atomic E-state index is 0.0217. The average Bonchev–Trinajstić information content (AvgIpc) is 3.20. The highest BCUT2D eigenvalue weighted by atomic mass is 32.1. The van der Waals surface area contributed by atoms with E-state index in [1.807, 2.05) is 0 Å². The van der Waals surface area contributed by atoms with E-state index in [4.69, 9.17) is 0 Å². The Labute approximate surface area is 143 Å². The first-order valence-electron chi connectivity index (χ1n) is 8.52. The highest BCUT2D eigenvalue weighted by Crippen LogP contribution is 2.27. The maximum Gasteiger partial charge on any atom is 0.315 e. The Morgan fingerprint density at radius 3 is 2.70 bits per heavy atom. The van der Waals surface area contributed by atoms with Crippen molar-refractivity contribution < 1.29 is 9.90 Å². The zero-order chi connectivity index (χ0) is 16.7. The van der Waals surface area contributed by atoms with Crippen LogP contribution in [0.15, 0.2) is 17.5 Å². The van der Waals surface area contributed by atoms with Crippen LogP contribution in [-0.2, 0) is 0 Å². The maximum absolute atomic E-state index is 12.1. The lowest BCUT2D eigenvalue weighted by Crippen LogP contribution is -2.46. The molecule has 1 fully saturated rings. The van der Waals surface area contributed by atoms with Crippen LogP contribution in [0.5, 0.6) is 0 Å². The Balaban J connectivity index is 1.86. The van der Waals surface area contributed by atoms with E-state index in [1.54, 1.807) is 11.3 Å². The van der Waals surface area contributed by atoms with Crippen LogP contribution in [0.3, 0.4) is 0 Å². The van der Waals surface area contributed by atoms with Gasteiger partial charge in [-0.1, -0.05) is 19.9 Å². The fourth-order valence-corrected chi connectivity index (χ4v) is 3.98. The van der Waals surface area contributed by atoms with E-state index < -0.39 is 0 Å². The first kappa shape index (κ1) is 18.2. The SMILES string of the molecule is CC(C)CC(CO)NC(=O)NCC(c1cccs1)N1CCCC1. The molecule has 6 heteroatoms. The number of aliphatic hydroxyl groups excluding tert-OH is 1. The van der Waals surface area contributed by atoms with Crippen LogP contribution < -0.4 is 10.6 Å². The van der Waals surface area contributed by atoms with Gasteiger partial charge in [-0.2, -0.15) is 0 Å². The summed E-state index contributed by atoms with van der Waals surface area (Å²) < 4.78 is 0. The summed E-state index contributed by atoms with van der Waals surface area (Å²) in [5, 5.41) is 17.3. The molecule has 0 bridgehead atoms. The van der Waals surface area contributed by atoms with Gasteiger partial charge in [0.2, 0.25) is 0 Å².